The van der Waals surface area contributed by atoms with Crippen LogP contribution < -0.4 is 5.32 Å². The molecule has 0 aromatic heterocycles. The van der Waals surface area contributed by atoms with Gasteiger partial charge in [-0.2, -0.15) is 0 Å². The van der Waals surface area contributed by atoms with Gasteiger partial charge in [0.2, 0.25) is 5.91 Å². The second-order valence-electron chi connectivity index (χ2n) is 3.77. The van der Waals surface area contributed by atoms with Gasteiger partial charge in [-0.25, -0.2) is 4.79 Å². The van der Waals surface area contributed by atoms with Gasteiger partial charge in [0.05, 0.1) is 6.10 Å². The molecule has 1 aliphatic heterocycles. The van der Waals surface area contributed by atoms with Gasteiger partial charge in [0, 0.05) is 13.6 Å². The first-order chi connectivity index (χ1) is 7.41. The van der Waals surface area contributed by atoms with Crippen molar-refractivity contribution in [2.75, 3.05) is 26.7 Å². The first kappa shape index (κ1) is 12.4. The monoisotopic (exact) mass is 229 g/mol. The summed E-state index contributed by atoms with van der Waals surface area (Å²) < 4.78 is 0. The lowest BCUT2D eigenvalue weighted by Crippen LogP contribution is -2.42. The minimum absolute atomic E-state index is 0.00250. The van der Waals surface area contributed by atoms with Crippen LogP contribution in [-0.2, 0) is 9.59 Å². The summed E-state index contributed by atoms with van der Waals surface area (Å²) in [5.41, 5.74) is 0. The van der Waals surface area contributed by atoms with Gasteiger partial charge in [0.1, 0.15) is 13.1 Å². The molecule has 7 nitrogen and oxygen atoms in total. The van der Waals surface area contributed by atoms with E-state index in [4.69, 9.17) is 5.11 Å². The number of likely N-dealkylation sites (N-methyl/N-ethyl adjacent to an activating group) is 1. The van der Waals surface area contributed by atoms with E-state index in [0.717, 1.165) is 4.90 Å². The van der Waals surface area contributed by atoms with E-state index in [1.54, 1.807) is 0 Å². The fraction of sp³-hybridized carbons (Fsp3) is 0.667. The number of amides is 4. The van der Waals surface area contributed by atoms with Crippen molar-refractivity contribution in [3.63, 3.8) is 0 Å². The predicted molar refractivity (Wildman–Crippen MR) is 54.4 cm³/mol. The van der Waals surface area contributed by atoms with Gasteiger partial charge in [-0.15, -0.1) is 0 Å². The molecule has 0 aromatic carbocycles. The topological polar surface area (TPSA) is 89.9 Å². The van der Waals surface area contributed by atoms with Gasteiger partial charge < -0.3 is 15.3 Å². The Kier molecular flexibility index (Phi) is 3.83. The number of carbonyl (C=O) groups is 3. The maximum atomic E-state index is 11.4. The van der Waals surface area contributed by atoms with Crippen LogP contribution in [0, 0.1) is 0 Å². The Balaban J connectivity index is 2.45. The molecule has 1 aliphatic rings. The first-order valence-electron chi connectivity index (χ1n) is 4.92. The lowest BCUT2D eigenvalue weighted by molar-refractivity contribution is -0.130. The molecule has 0 aliphatic carbocycles. The number of aliphatic hydroxyl groups excluding tert-OH is 1. The molecule has 1 rings (SSSR count). The minimum Gasteiger partial charge on any atom is -0.392 e. The van der Waals surface area contributed by atoms with Gasteiger partial charge >= 0.3 is 6.03 Å². The van der Waals surface area contributed by atoms with E-state index in [1.165, 1.54) is 18.9 Å². The fourth-order valence-corrected chi connectivity index (χ4v) is 1.29. The molecule has 90 valence electrons. The van der Waals surface area contributed by atoms with Gasteiger partial charge in [-0.3, -0.25) is 14.5 Å². The number of nitrogens with one attached hydrogen (secondary N) is 1. The molecule has 7 heteroatoms. The third-order valence-corrected chi connectivity index (χ3v) is 2.13. The number of nitrogens with zero attached hydrogens (tertiary/aromatic N) is 2. The molecule has 1 heterocycles. The normalized spacial score (nSPS) is 17.9. The van der Waals surface area contributed by atoms with Crippen LogP contribution in [0.15, 0.2) is 0 Å². The second kappa shape index (κ2) is 4.93. The van der Waals surface area contributed by atoms with Gasteiger partial charge in [0.25, 0.3) is 5.91 Å². The maximum absolute atomic E-state index is 11.4. The largest absolute Gasteiger partial charge is 0.392 e. The summed E-state index contributed by atoms with van der Waals surface area (Å²) in [6.45, 7) is 1.34. The average molecular weight is 229 g/mol. The highest BCUT2D eigenvalue weighted by Gasteiger charge is 2.34. The van der Waals surface area contributed by atoms with Crippen molar-refractivity contribution in [1.82, 2.24) is 15.1 Å². The van der Waals surface area contributed by atoms with Crippen molar-refractivity contribution in [2.45, 2.75) is 13.0 Å². The van der Waals surface area contributed by atoms with E-state index >= 15 is 0 Å². The van der Waals surface area contributed by atoms with Crippen molar-refractivity contribution >= 4 is 17.8 Å². The summed E-state index contributed by atoms with van der Waals surface area (Å²) in [5.74, 6) is -0.849. The first-order valence-corrected chi connectivity index (χ1v) is 4.92. The minimum atomic E-state index is -0.656. The Morgan fingerprint density at radius 1 is 1.56 bits per heavy atom. The molecule has 1 atom stereocenters. The average Bonchev–Trinajstić information content (AvgIpc) is 2.42. The summed E-state index contributed by atoms with van der Waals surface area (Å²) in [6, 6.07) is -0.475. The van der Waals surface area contributed by atoms with Crippen LogP contribution in [0.4, 0.5) is 4.79 Å². The standard InChI is InChI=1S/C9H15N3O4/c1-6(13)3-10-7(14)4-12-8(15)5-11(2)9(12)16/h6,13H,3-5H2,1-2H3,(H,10,14)/t6-/m0/s1. The van der Waals surface area contributed by atoms with E-state index in [2.05, 4.69) is 5.32 Å². The van der Waals surface area contributed by atoms with Crippen LogP contribution in [0.5, 0.6) is 0 Å². The highest BCUT2D eigenvalue weighted by atomic mass is 16.3. The molecule has 0 radical (unpaired) electrons. The Bertz CT molecular complexity index is 316. The smallest absolute Gasteiger partial charge is 0.327 e. The lowest BCUT2D eigenvalue weighted by atomic mass is 10.4. The number of urea groups is 1. The van der Waals surface area contributed by atoms with Crippen molar-refractivity contribution in [3.05, 3.63) is 0 Å². The zero-order valence-electron chi connectivity index (χ0n) is 9.27. The highest BCUT2D eigenvalue weighted by molar-refractivity contribution is 6.04. The summed E-state index contributed by atoms with van der Waals surface area (Å²) in [5, 5.41) is 11.3. The van der Waals surface area contributed by atoms with E-state index in [1.807, 2.05) is 0 Å². The second-order valence-corrected chi connectivity index (χ2v) is 3.77. The number of aliphatic hydroxyl groups is 1. The zero-order chi connectivity index (χ0) is 12.3. The molecule has 4 amide bonds. The lowest BCUT2D eigenvalue weighted by Gasteiger charge is -2.14. The van der Waals surface area contributed by atoms with Crippen molar-refractivity contribution in [2.24, 2.45) is 0 Å². The Hall–Kier alpha value is -1.63. The van der Waals surface area contributed by atoms with Crippen molar-refractivity contribution < 1.29 is 19.5 Å². The summed E-state index contributed by atoms with van der Waals surface area (Å²) >= 11 is 0. The number of rotatable bonds is 4. The maximum Gasteiger partial charge on any atom is 0.327 e. The van der Waals surface area contributed by atoms with Crippen LogP contribution in [0.1, 0.15) is 6.92 Å². The van der Waals surface area contributed by atoms with Crippen LogP contribution in [0.25, 0.3) is 0 Å². The summed E-state index contributed by atoms with van der Waals surface area (Å²) in [7, 11) is 1.49. The predicted octanol–water partition coefficient (Wildman–Crippen LogP) is -1.62. The SMILES string of the molecule is C[C@H](O)CNC(=O)CN1C(=O)CN(C)C1=O. The molecule has 0 aromatic rings. The van der Waals surface area contributed by atoms with E-state index in [-0.39, 0.29) is 25.5 Å². The van der Waals surface area contributed by atoms with Crippen LogP contribution in [-0.4, -0.2) is 65.5 Å². The number of hydrogen-bond acceptors (Lipinski definition) is 4. The number of imide groups is 1. The van der Waals surface area contributed by atoms with Gasteiger partial charge in [-0.1, -0.05) is 0 Å². The molecule has 2 N–H and O–H groups in total. The fourth-order valence-electron chi connectivity index (χ4n) is 1.29. The molecule has 0 unspecified atom stereocenters. The Labute approximate surface area is 93.0 Å². The Morgan fingerprint density at radius 3 is 2.62 bits per heavy atom. The summed E-state index contributed by atoms with van der Waals surface area (Å²) in [6.07, 6.45) is -0.656. The van der Waals surface area contributed by atoms with Crippen LogP contribution >= 0.6 is 0 Å². The number of carbonyl (C=O) groups excluding carboxylic acids is 3. The molecule has 1 saturated heterocycles. The molecule has 16 heavy (non-hydrogen) atoms. The molecule has 1 fully saturated rings. The van der Waals surface area contributed by atoms with Gasteiger partial charge in [0.15, 0.2) is 0 Å². The molecular weight excluding hydrogens is 214 g/mol. The quantitative estimate of drug-likeness (QED) is 0.567. The molecular formula is C9H15N3O4. The molecule has 0 saturated carbocycles. The Morgan fingerprint density at radius 2 is 2.19 bits per heavy atom. The highest BCUT2D eigenvalue weighted by Crippen LogP contribution is 2.06. The van der Waals surface area contributed by atoms with Gasteiger partial charge in [-0.05, 0) is 6.92 Å². The number of hydrogen-bond donors (Lipinski definition) is 2. The summed E-state index contributed by atoms with van der Waals surface area (Å²) in [4.78, 5) is 36.1. The third-order valence-electron chi connectivity index (χ3n) is 2.13. The van der Waals surface area contributed by atoms with Crippen LogP contribution in [0.2, 0.25) is 0 Å². The van der Waals surface area contributed by atoms with E-state index in [9.17, 15) is 14.4 Å². The van der Waals surface area contributed by atoms with Crippen molar-refractivity contribution in [3.8, 4) is 0 Å². The van der Waals surface area contributed by atoms with E-state index < -0.39 is 18.0 Å². The van der Waals surface area contributed by atoms with Crippen molar-refractivity contribution in [1.29, 1.82) is 0 Å². The molecule has 0 spiro atoms. The van der Waals surface area contributed by atoms with Crippen LogP contribution in [0.3, 0.4) is 0 Å². The molecule has 0 bridgehead atoms. The third kappa shape index (κ3) is 2.93. The van der Waals surface area contributed by atoms with E-state index in [0.29, 0.717) is 0 Å². The zero-order valence-corrected chi connectivity index (χ0v) is 9.27.